The quantitative estimate of drug-likeness (QED) is 0.895. The number of benzene rings is 1. The van der Waals surface area contributed by atoms with E-state index in [2.05, 4.69) is 4.98 Å². The minimum Gasteiger partial charge on any atom is -0.488 e. The maximum absolute atomic E-state index is 13.1. The summed E-state index contributed by atoms with van der Waals surface area (Å²) in [4.78, 5) is 4.04. The van der Waals surface area contributed by atoms with Gasteiger partial charge < -0.3 is 14.4 Å². The van der Waals surface area contributed by atoms with Gasteiger partial charge in [-0.2, -0.15) is 0 Å². The number of rotatable bonds is 3. The lowest BCUT2D eigenvalue weighted by Crippen LogP contribution is -2.19. The predicted molar refractivity (Wildman–Crippen MR) is 62.7 cm³/mol. The maximum Gasteiger partial charge on any atom is 0.123 e. The average Bonchev–Trinajstić information content (AvgIpc) is 2.95. The first-order valence-electron chi connectivity index (χ1n) is 5.81. The first-order chi connectivity index (χ1) is 8.74. The molecule has 0 saturated carbocycles. The Hall–Kier alpha value is -1.88. The molecule has 1 aliphatic heterocycles. The van der Waals surface area contributed by atoms with Gasteiger partial charge in [0.25, 0.3) is 0 Å². The second-order valence-electron chi connectivity index (χ2n) is 4.42. The van der Waals surface area contributed by atoms with Crippen molar-refractivity contribution in [1.82, 2.24) is 9.55 Å². The third kappa shape index (κ3) is 2.09. The fourth-order valence-electron chi connectivity index (χ4n) is 2.21. The molecule has 0 bridgehead atoms. The highest BCUT2D eigenvalue weighted by molar-refractivity contribution is 5.37. The fourth-order valence-corrected chi connectivity index (χ4v) is 2.21. The number of ether oxygens (including phenoxy) is 1. The molecule has 3 rings (SSSR count). The Kier molecular flexibility index (Phi) is 2.76. The van der Waals surface area contributed by atoms with Crippen LogP contribution in [0.1, 0.15) is 11.3 Å². The van der Waals surface area contributed by atoms with Gasteiger partial charge in [-0.15, -0.1) is 0 Å². The van der Waals surface area contributed by atoms with Crippen LogP contribution in [-0.4, -0.2) is 20.8 Å². The minimum absolute atomic E-state index is 0.0115. The molecule has 1 atom stereocenters. The summed E-state index contributed by atoms with van der Waals surface area (Å²) >= 11 is 0. The second kappa shape index (κ2) is 4.42. The van der Waals surface area contributed by atoms with Crippen LogP contribution in [0.2, 0.25) is 0 Å². The lowest BCUT2D eigenvalue weighted by Gasteiger charge is -2.10. The molecule has 1 unspecified atom stereocenters. The Labute approximate surface area is 104 Å². The van der Waals surface area contributed by atoms with E-state index in [0.29, 0.717) is 18.7 Å². The van der Waals surface area contributed by atoms with Crippen LogP contribution < -0.4 is 4.74 Å². The molecule has 0 saturated heterocycles. The van der Waals surface area contributed by atoms with Gasteiger partial charge in [0.05, 0.1) is 25.2 Å². The topological polar surface area (TPSA) is 47.3 Å². The molecule has 94 valence electrons. The summed E-state index contributed by atoms with van der Waals surface area (Å²) in [7, 11) is 0. The van der Waals surface area contributed by atoms with Crippen molar-refractivity contribution < 1.29 is 14.2 Å². The molecule has 4 nitrogen and oxygen atoms in total. The van der Waals surface area contributed by atoms with Crippen molar-refractivity contribution >= 4 is 0 Å². The van der Waals surface area contributed by atoms with Crippen molar-refractivity contribution in [2.45, 2.75) is 25.7 Å². The standard InChI is InChI=1S/C13H13FN2O2/c14-10-1-2-13-9(3-10)4-12(18-13)6-16-5-11(7-17)15-8-16/h1-3,5,8,12,17H,4,6-7H2. The van der Waals surface area contributed by atoms with E-state index in [9.17, 15) is 4.39 Å². The summed E-state index contributed by atoms with van der Waals surface area (Å²) in [5, 5.41) is 8.94. The first kappa shape index (κ1) is 11.2. The summed E-state index contributed by atoms with van der Waals surface area (Å²) in [5.41, 5.74) is 1.54. The molecule has 2 heterocycles. The van der Waals surface area contributed by atoms with E-state index in [1.807, 2.05) is 4.57 Å². The molecule has 0 aliphatic carbocycles. The number of aliphatic hydroxyl groups excluding tert-OH is 1. The van der Waals surface area contributed by atoms with Crippen LogP contribution in [-0.2, 0) is 19.6 Å². The van der Waals surface area contributed by atoms with E-state index in [0.717, 1.165) is 11.3 Å². The second-order valence-corrected chi connectivity index (χ2v) is 4.42. The minimum atomic E-state index is -0.233. The van der Waals surface area contributed by atoms with Gasteiger partial charge in [0.15, 0.2) is 0 Å². The number of hydrogen-bond donors (Lipinski definition) is 1. The number of fused-ring (bicyclic) bond motifs is 1. The summed E-state index contributed by atoms with van der Waals surface area (Å²) in [5.74, 6) is 0.520. The van der Waals surface area contributed by atoms with Gasteiger partial charge in [0, 0.05) is 18.2 Å². The van der Waals surface area contributed by atoms with Gasteiger partial charge in [-0.1, -0.05) is 0 Å². The Morgan fingerprint density at radius 1 is 1.50 bits per heavy atom. The van der Waals surface area contributed by atoms with E-state index < -0.39 is 0 Å². The van der Waals surface area contributed by atoms with Crippen molar-refractivity contribution in [3.8, 4) is 5.75 Å². The van der Waals surface area contributed by atoms with Crippen LogP contribution in [0.25, 0.3) is 0 Å². The average molecular weight is 248 g/mol. The number of halogens is 1. The Morgan fingerprint density at radius 3 is 3.17 bits per heavy atom. The zero-order valence-corrected chi connectivity index (χ0v) is 9.71. The maximum atomic E-state index is 13.1. The highest BCUT2D eigenvalue weighted by Crippen LogP contribution is 2.29. The van der Waals surface area contributed by atoms with Crippen molar-refractivity contribution in [3.63, 3.8) is 0 Å². The Bertz CT molecular complexity index is 568. The molecule has 0 fully saturated rings. The summed E-state index contributed by atoms with van der Waals surface area (Å²) in [6, 6.07) is 4.59. The summed E-state index contributed by atoms with van der Waals surface area (Å²) in [6.07, 6.45) is 4.13. The normalized spacial score (nSPS) is 17.6. The molecule has 1 N–H and O–H groups in total. The molecule has 2 aromatic rings. The number of hydrogen-bond acceptors (Lipinski definition) is 3. The van der Waals surface area contributed by atoms with Gasteiger partial charge in [-0.25, -0.2) is 9.37 Å². The van der Waals surface area contributed by atoms with Crippen LogP contribution in [0.15, 0.2) is 30.7 Å². The number of nitrogens with zero attached hydrogens (tertiary/aromatic N) is 2. The Morgan fingerprint density at radius 2 is 2.39 bits per heavy atom. The molecule has 1 aromatic carbocycles. The fraction of sp³-hybridized carbons (Fsp3) is 0.308. The lowest BCUT2D eigenvalue weighted by molar-refractivity contribution is 0.209. The molecule has 0 spiro atoms. The van der Waals surface area contributed by atoms with E-state index in [1.165, 1.54) is 12.1 Å². The zero-order valence-electron chi connectivity index (χ0n) is 9.71. The van der Waals surface area contributed by atoms with Gasteiger partial charge >= 0.3 is 0 Å². The summed E-state index contributed by atoms with van der Waals surface area (Å²) < 4.78 is 20.7. The SMILES string of the molecule is OCc1cn(CC2Cc3cc(F)ccc3O2)cn1. The van der Waals surface area contributed by atoms with Crippen molar-refractivity contribution in [2.75, 3.05) is 0 Å². The van der Waals surface area contributed by atoms with Crippen LogP contribution >= 0.6 is 0 Å². The van der Waals surface area contributed by atoms with E-state index in [1.54, 1.807) is 18.6 Å². The molecule has 5 heteroatoms. The number of aromatic nitrogens is 2. The summed E-state index contributed by atoms with van der Waals surface area (Å²) in [6.45, 7) is 0.577. The van der Waals surface area contributed by atoms with Crippen molar-refractivity contribution in [2.24, 2.45) is 0 Å². The molecular weight excluding hydrogens is 235 g/mol. The molecule has 0 amide bonds. The van der Waals surface area contributed by atoms with Crippen LogP contribution in [0.4, 0.5) is 4.39 Å². The number of aliphatic hydroxyl groups is 1. The predicted octanol–water partition coefficient (Wildman–Crippen LogP) is 1.52. The first-order valence-corrected chi connectivity index (χ1v) is 5.81. The van der Waals surface area contributed by atoms with Crippen LogP contribution in [0.5, 0.6) is 5.75 Å². The third-order valence-electron chi connectivity index (χ3n) is 3.03. The molecule has 18 heavy (non-hydrogen) atoms. The van der Waals surface area contributed by atoms with Crippen LogP contribution in [0, 0.1) is 5.82 Å². The van der Waals surface area contributed by atoms with Gasteiger partial charge in [-0.3, -0.25) is 0 Å². The van der Waals surface area contributed by atoms with E-state index in [-0.39, 0.29) is 18.5 Å². The highest BCUT2D eigenvalue weighted by Gasteiger charge is 2.23. The van der Waals surface area contributed by atoms with Gasteiger partial charge in [0.2, 0.25) is 0 Å². The van der Waals surface area contributed by atoms with Crippen molar-refractivity contribution in [3.05, 3.63) is 47.8 Å². The van der Waals surface area contributed by atoms with Gasteiger partial charge in [0.1, 0.15) is 17.7 Å². The molecule has 1 aliphatic rings. The number of imidazole rings is 1. The zero-order chi connectivity index (χ0) is 12.5. The Balaban J connectivity index is 1.70. The molecule has 0 radical (unpaired) electrons. The smallest absolute Gasteiger partial charge is 0.123 e. The monoisotopic (exact) mass is 248 g/mol. The molecule has 1 aromatic heterocycles. The highest BCUT2D eigenvalue weighted by atomic mass is 19.1. The van der Waals surface area contributed by atoms with Crippen molar-refractivity contribution in [1.29, 1.82) is 0 Å². The van der Waals surface area contributed by atoms with E-state index >= 15 is 0 Å². The van der Waals surface area contributed by atoms with Crippen LogP contribution in [0.3, 0.4) is 0 Å². The lowest BCUT2D eigenvalue weighted by atomic mass is 10.1. The van der Waals surface area contributed by atoms with Gasteiger partial charge in [-0.05, 0) is 18.2 Å². The largest absolute Gasteiger partial charge is 0.488 e. The third-order valence-corrected chi connectivity index (χ3v) is 3.03. The molecular formula is C13H13FN2O2. The van der Waals surface area contributed by atoms with E-state index in [4.69, 9.17) is 9.84 Å².